The third kappa shape index (κ3) is 2.89. The van der Waals surface area contributed by atoms with Crippen molar-refractivity contribution in [2.24, 2.45) is 0 Å². The maximum Gasteiger partial charge on any atom is 0.0113 e. The van der Waals surface area contributed by atoms with Gasteiger partial charge in [0.15, 0.2) is 0 Å². The van der Waals surface area contributed by atoms with Crippen LogP contribution in [0.1, 0.15) is 12.5 Å². The van der Waals surface area contributed by atoms with Crippen molar-refractivity contribution in [2.75, 3.05) is 6.54 Å². The van der Waals surface area contributed by atoms with E-state index >= 15 is 0 Å². The lowest BCUT2D eigenvalue weighted by atomic mass is 10.2. The summed E-state index contributed by atoms with van der Waals surface area (Å²) in [6.07, 6.45) is 4.03. The van der Waals surface area contributed by atoms with Gasteiger partial charge in [0.1, 0.15) is 0 Å². The Morgan fingerprint density at radius 3 is 2.64 bits per heavy atom. The maximum absolute atomic E-state index is 3.12. The molecule has 0 spiro atoms. The minimum Gasteiger partial charge on any atom is -0.391 e. The summed E-state index contributed by atoms with van der Waals surface area (Å²) in [5.41, 5.74) is 1.23. The Bertz CT molecular complexity index is 214. The Labute approximate surface area is 67.8 Å². The molecule has 0 heterocycles. The molecule has 1 nitrogen and oxygen atoms in total. The average molecular weight is 147 g/mol. The monoisotopic (exact) mass is 147 g/mol. The second-order valence-electron chi connectivity index (χ2n) is 2.30. The van der Waals surface area contributed by atoms with Crippen molar-refractivity contribution in [3.8, 4) is 0 Å². The van der Waals surface area contributed by atoms with Gasteiger partial charge in [0.2, 0.25) is 0 Å². The highest BCUT2D eigenvalue weighted by molar-refractivity contribution is 5.48. The van der Waals surface area contributed by atoms with Crippen molar-refractivity contribution in [3.63, 3.8) is 0 Å². The van der Waals surface area contributed by atoms with E-state index in [1.54, 1.807) is 0 Å². The molecule has 0 aliphatic carbocycles. The molecular weight excluding hydrogens is 134 g/mol. The predicted octanol–water partition coefficient (Wildman–Crippen LogP) is 2.27. The molecule has 58 valence electrons. The van der Waals surface area contributed by atoms with Gasteiger partial charge in [-0.3, -0.25) is 0 Å². The lowest BCUT2D eigenvalue weighted by Crippen LogP contribution is -2.00. The minimum absolute atomic E-state index is 0.976. The molecule has 1 N–H and O–H groups in total. The number of nitrogens with one attached hydrogen (secondary N) is 1. The van der Waals surface area contributed by atoms with E-state index in [1.165, 1.54) is 5.56 Å². The Morgan fingerprint density at radius 2 is 2.00 bits per heavy atom. The van der Waals surface area contributed by atoms with Crippen molar-refractivity contribution in [1.29, 1.82) is 0 Å². The summed E-state index contributed by atoms with van der Waals surface area (Å²) >= 11 is 0. The van der Waals surface area contributed by atoms with Crippen LogP contribution in [-0.2, 0) is 0 Å². The molecular formula is C10H13N. The van der Waals surface area contributed by atoms with Crippen LogP contribution in [0.3, 0.4) is 0 Å². The molecule has 0 aliphatic heterocycles. The van der Waals surface area contributed by atoms with Crippen LogP contribution in [0.25, 0.3) is 6.08 Å². The molecule has 0 atom stereocenters. The lowest BCUT2D eigenvalue weighted by molar-refractivity contribution is 0.924. The van der Waals surface area contributed by atoms with Crippen molar-refractivity contribution in [1.82, 2.24) is 5.32 Å². The van der Waals surface area contributed by atoms with E-state index in [9.17, 15) is 0 Å². The molecule has 1 aromatic carbocycles. The molecule has 0 bridgehead atoms. The van der Waals surface area contributed by atoms with Gasteiger partial charge in [-0.2, -0.15) is 0 Å². The molecule has 0 fully saturated rings. The van der Waals surface area contributed by atoms with Gasteiger partial charge >= 0.3 is 0 Å². The average Bonchev–Trinajstić information content (AvgIpc) is 2.07. The molecule has 1 aromatic rings. The predicted molar refractivity (Wildman–Crippen MR) is 49.2 cm³/mol. The first-order valence-corrected chi connectivity index (χ1v) is 3.88. The maximum atomic E-state index is 3.12. The van der Waals surface area contributed by atoms with Crippen LogP contribution in [0, 0.1) is 0 Å². The van der Waals surface area contributed by atoms with Crippen molar-refractivity contribution >= 4 is 6.08 Å². The van der Waals surface area contributed by atoms with Gasteiger partial charge in [-0.1, -0.05) is 30.3 Å². The largest absolute Gasteiger partial charge is 0.391 e. The highest BCUT2D eigenvalue weighted by atomic mass is 14.8. The third-order valence-corrected chi connectivity index (χ3v) is 1.40. The summed E-state index contributed by atoms with van der Waals surface area (Å²) < 4.78 is 0. The van der Waals surface area contributed by atoms with E-state index in [4.69, 9.17) is 0 Å². The Kier molecular flexibility index (Phi) is 3.26. The van der Waals surface area contributed by atoms with Gasteiger partial charge in [-0.25, -0.2) is 0 Å². The molecule has 0 amide bonds. The quantitative estimate of drug-likeness (QED) is 0.691. The fourth-order valence-electron chi connectivity index (χ4n) is 0.837. The molecule has 0 radical (unpaired) electrons. The minimum atomic E-state index is 0.976. The van der Waals surface area contributed by atoms with Crippen LogP contribution in [0.5, 0.6) is 0 Å². The zero-order valence-electron chi connectivity index (χ0n) is 6.75. The van der Waals surface area contributed by atoms with Gasteiger partial charge in [0.05, 0.1) is 0 Å². The van der Waals surface area contributed by atoms with Gasteiger partial charge in [-0.15, -0.1) is 0 Å². The van der Waals surface area contributed by atoms with Crippen LogP contribution in [-0.4, -0.2) is 6.54 Å². The summed E-state index contributed by atoms with van der Waals surface area (Å²) in [4.78, 5) is 0. The second kappa shape index (κ2) is 4.56. The summed E-state index contributed by atoms with van der Waals surface area (Å²) in [5, 5.41) is 3.12. The van der Waals surface area contributed by atoms with E-state index in [0.717, 1.165) is 6.54 Å². The van der Waals surface area contributed by atoms with Gasteiger partial charge in [0, 0.05) is 6.54 Å². The van der Waals surface area contributed by atoms with Gasteiger partial charge in [0.25, 0.3) is 0 Å². The summed E-state index contributed by atoms with van der Waals surface area (Å²) in [6, 6.07) is 10.2. The van der Waals surface area contributed by atoms with E-state index in [-0.39, 0.29) is 0 Å². The number of rotatable bonds is 3. The number of hydrogen-bond acceptors (Lipinski definition) is 1. The molecule has 0 aliphatic rings. The first kappa shape index (κ1) is 7.86. The summed E-state index contributed by atoms with van der Waals surface area (Å²) in [7, 11) is 0. The van der Waals surface area contributed by atoms with Gasteiger partial charge in [-0.05, 0) is 24.8 Å². The van der Waals surface area contributed by atoms with Crippen LogP contribution < -0.4 is 5.32 Å². The first-order valence-electron chi connectivity index (χ1n) is 3.88. The van der Waals surface area contributed by atoms with Gasteiger partial charge < -0.3 is 5.32 Å². The Balaban J connectivity index is 2.50. The zero-order chi connectivity index (χ0) is 7.94. The van der Waals surface area contributed by atoms with Crippen LogP contribution in [0.2, 0.25) is 0 Å². The SMILES string of the molecule is CCN/C=C\c1ccccc1. The normalized spacial score (nSPS) is 10.3. The van der Waals surface area contributed by atoms with E-state index in [1.807, 2.05) is 24.4 Å². The number of hydrogen-bond donors (Lipinski definition) is 1. The Hall–Kier alpha value is -1.24. The fraction of sp³-hybridized carbons (Fsp3) is 0.200. The smallest absolute Gasteiger partial charge is 0.0113 e. The highest BCUT2D eigenvalue weighted by Gasteiger charge is 1.79. The first-order chi connectivity index (χ1) is 5.43. The number of benzene rings is 1. The van der Waals surface area contributed by atoms with Crippen molar-refractivity contribution < 1.29 is 0 Å². The van der Waals surface area contributed by atoms with Crippen molar-refractivity contribution in [3.05, 3.63) is 42.1 Å². The standard InChI is InChI=1S/C10H13N/c1-2-11-9-8-10-6-4-3-5-7-10/h3-9,11H,2H2,1H3/b9-8-. The Morgan fingerprint density at radius 1 is 1.27 bits per heavy atom. The highest BCUT2D eigenvalue weighted by Crippen LogP contribution is 1.99. The lowest BCUT2D eigenvalue weighted by Gasteiger charge is -1.92. The van der Waals surface area contributed by atoms with E-state index < -0.39 is 0 Å². The third-order valence-electron chi connectivity index (χ3n) is 1.40. The summed E-state index contributed by atoms with van der Waals surface area (Å²) in [6.45, 7) is 3.05. The van der Waals surface area contributed by atoms with Crippen LogP contribution >= 0.6 is 0 Å². The van der Waals surface area contributed by atoms with E-state index in [2.05, 4.69) is 30.4 Å². The second-order valence-corrected chi connectivity index (χ2v) is 2.30. The van der Waals surface area contributed by atoms with E-state index in [0.29, 0.717) is 0 Å². The molecule has 0 saturated heterocycles. The summed E-state index contributed by atoms with van der Waals surface area (Å²) in [5.74, 6) is 0. The molecule has 0 saturated carbocycles. The molecule has 1 rings (SSSR count). The van der Waals surface area contributed by atoms with Crippen molar-refractivity contribution in [2.45, 2.75) is 6.92 Å². The molecule has 0 unspecified atom stereocenters. The van der Waals surface area contributed by atoms with Crippen LogP contribution in [0.4, 0.5) is 0 Å². The molecule has 1 heteroatoms. The van der Waals surface area contributed by atoms with Crippen LogP contribution in [0.15, 0.2) is 36.5 Å². The molecule has 11 heavy (non-hydrogen) atoms. The zero-order valence-corrected chi connectivity index (χ0v) is 6.75. The fourth-order valence-corrected chi connectivity index (χ4v) is 0.837. The molecule has 0 aromatic heterocycles. The topological polar surface area (TPSA) is 12.0 Å².